The van der Waals surface area contributed by atoms with Crippen molar-refractivity contribution >= 4 is 0 Å². The summed E-state index contributed by atoms with van der Waals surface area (Å²) in [7, 11) is 2.02. The summed E-state index contributed by atoms with van der Waals surface area (Å²) in [6.07, 6.45) is 1.15. The first-order valence-corrected chi connectivity index (χ1v) is 5.57. The summed E-state index contributed by atoms with van der Waals surface area (Å²) < 4.78 is 5.77. The van der Waals surface area contributed by atoms with Gasteiger partial charge in [-0.1, -0.05) is 0 Å². The lowest BCUT2D eigenvalue weighted by Gasteiger charge is -2.30. The van der Waals surface area contributed by atoms with E-state index in [4.69, 9.17) is 4.74 Å². The first kappa shape index (κ1) is 12.0. The highest BCUT2D eigenvalue weighted by atomic mass is 16.5. The van der Waals surface area contributed by atoms with Gasteiger partial charge in [-0.2, -0.15) is 0 Å². The summed E-state index contributed by atoms with van der Waals surface area (Å²) in [5, 5.41) is 3.28. The van der Waals surface area contributed by atoms with Gasteiger partial charge in [0.15, 0.2) is 0 Å². The van der Waals surface area contributed by atoms with Gasteiger partial charge in [-0.15, -0.1) is 0 Å². The molecular weight excluding hydrogens is 176 g/mol. The number of ether oxygens (including phenoxy) is 1. The molecule has 1 rings (SSSR count). The van der Waals surface area contributed by atoms with Crippen molar-refractivity contribution < 1.29 is 4.74 Å². The fourth-order valence-corrected chi connectivity index (χ4v) is 1.93. The van der Waals surface area contributed by atoms with Gasteiger partial charge in [-0.25, -0.2) is 0 Å². The van der Waals surface area contributed by atoms with Gasteiger partial charge in [0.2, 0.25) is 0 Å². The summed E-state index contributed by atoms with van der Waals surface area (Å²) in [4.78, 5) is 2.49. The zero-order valence-corrected chi connectivity index (χ0v) is 9.97. The Morgan fingerprint density at radius 1 is 1.50 bits per heavy atom. The second kappa shape index (κ2) is 5.10. The van der Waals surface area contributed by atoms with Crippen LogP contribution in [-0.4, -0.2) is 49.8 Å². The molecule has 1 N–H and O–H groups in total. The van der Waals surface area contributed by atoms with Crippen LogP contribution in [0.15, 0.2) is 0 Å². The van der Waals surface area contributed by atoms with E-state index in [1.54, 1.807) is 0 Å². The third kappa shape index (κ3) is 3.95. The van der Waals surface area contributed by atoms with Crippen molar-refractivity contribution in [3.05, 3.63) is 0 Å². The van der Waals surface area contributed by atoms with E-state index >= 15 is 0 Å². The summed E-state index contributed by atoms with van der Waals surface area (Å²) in [5.74, 6) is 0. The maximum Gasteiger partial charge on any atom is 0.0752 e. The van der Waals surface area contributed by atoms with Crippen LogP contribution in [0, 0.1) is 0 Å². The van der Waals surface area contributed by atoms with Crippen LogP contribution in [0.25, 0.3) is 0 Å². The molecule has 0 aromatic rings. The number of hydrogen-bond acceptors (Lipinski definition) is 3. The molecule has 0 aromatic carbocycles. The van der Waals surface area contributed by atoms with E-state index in [1.807, 2.05) is 7.05 Å². The van der Waals surface area contributed by atoms with Crippen molar-refractivity contribution in [2.45, 2.75) is 38.8 Å². The fourth-order valence-electron chi connectivity index (χ4n) is 1.93. The lowest BCUT2D eigenvalue weighted by atomic mass is 10.1. The zero-order chi connectivity index (χ0) is 10.6. The molecule has 1 saturated heterocycles. The largest absolute Gasteiger partial charge is 0.374 e. The van der Waals surface area contributed by atoms with E-state index in [2.05, 4.69) is 31.0 Å². The Kier molecular flexibility index (Phi) is 4.35. The average molecular weight is 200 g/mol. The van der Waals surface area contributed by atoms with E-state index in [9.17, 15) is 0 Å². The molecule has 0 unspecified atom stereocenters. The predicted octanol–water partition coefficient (Wildman–Crippen LogP) is 1.10. The topological polar surface area (TPSA) is 24.5 Å². The van der Waals surface area contributed by atoms with Crippen LogP contribution in [0.4, 0.5) is 0 Å². The van der Waals surface area contributed by atoms with Gasteiger partial charge in [0.05, 0.1) is 5.60 Å². The molecule has 1 aliphatic heterocycles. The van der Waals surface area contributed by atoms with Gasteiger partial charge in [0.25, 0.3) is 0 Å². The molecule has 0 bridgehead atoms. The molecule has 0 spiro atoms. The van der Waals surface area contributed by atoms with E-state index in [-0.39, 0.29) is 5.60 Å². The van der Waals surface area contributed by atoms with Gasteiger partial charge in [0.1, 0.15) is 0 Å². The highest BCUT2D eigenvalue weighted by Gasteiger charge is 2.25. The first-order chi connectivity index (χ1) is 6.53. The Balaban J connectivity index is 2.43. The van der Waals surface area contributed by atoms with Crippen LogP contribution in [0.2, 0.25) is 0 Å². The normalized spacial score (nSPS) is 25.7. The smallest absolute Gasteiger partial charge is 0.0752 e. The van der Waals surface area contributed by atoms with Gasteiger partial charge in [-0.05, 0) is 34.2 Å². The first-order valence-electron chi connectivity index (χ1n) is 5.57. The van der Waals surface area contributed by atoms with Crippen LogP contribution < -0.4 is 5.32 Å². The average Bonchev–Trinajstić information content (AvgIpc) is 2.26. The molecule has 1 fully saturated rings. The van der Waals surface area contributed by atoms with Crippen LogP contribution in [0.3, 0.4) is 0 Å². The van der Waals surface area contributed by atoms with Crippen molar-refractivity contribution in [2.24, 2.45) is 0 Å². The maximum absolute atomic E-state index is 5.77. The third-order valence-electron chi connectivity index (χ3n) is 2.74. The summed E-state index contributed by atoms with van der Waals surface area (Å²) >= 11 is 0. The number of rotatable bonds is 3. The Morgan fingerprint density at radius 3 is 2.86 bits per heavy atom. The molecule has 0 radical (unpaired) electrons. The van der Waals surface area contributed by atoms with Gasteiger partial charge in [0, 0.05) is 32.3 Å². The quantitative estimate of drug-likeness (QED) is 0.738. The van der Waals surface area contributed by atoms with E-state index in [1.165, 1.54) is 0 Å². The monoisotopic (exact) mass is 200 g/mol. The lowest BCUT2D eigenvalue weighted by molar-refractivity contribution is -0.0177. The predicted molar refractivity (Wildman–Crippen MR) is 59.6 cm³/mol. The van der Waals surface area contributed by atoms with E-state index < -0.39 is 0 Å². The van der Waals surface area contributed by atoms with Crippen molar-refractivity contribution in [1.82, 2.24) is 10.2 Å². The number of nitrogens with one attached hydrogen (secondary N) is 1. The molecule has 1 aliphatic rings. The summed E-state index contributed by atoms with van der Waals surface area (Å²) in [6.45, 7) is 10.8. The molecule has 0 aromatic heterocycles. The number of nitrogens with zero attached hydrogens (tertiary/aromatic N) is 1. The van der Waals surface area contributed by atoms with Crippen LogP contribution in [0.1, 0.15) is 27.2 Å². The van der Waals surface area contributed by atoms with Crippen molar-refractivity contribution in [3.63, 3.8) is 0 Å². The van der Waals surface area contributed by atoms with Crippen LogP contribution in [-0.2, 0) is 4.74 Å². The number of likely N-dealkylation sites (N-methyl/N-ethyl adjacent to an activating group) is 1. The fraction of sp³-hybridized carbons (Fsp3) is 1.00. The Hall–Kier alpha value is -0.120. The van der Waals surface area contributed by atoms with Crippen LogP contribution in [0.5, 0.6) is 0 Å². The molecule has 3 nitrogen and oxygen atoms in total. The zero-order valence-electron chi connectivity index (χ0n) is 9.97. The van der Waals surface area contributed by atoms with Gasteiger partial charge >= 0.3 is 0 Å². The maximum atomic E-state index is 5.77. The lowest BCUT2D eigenvalue weighted by Crippen LogP contribution is -2.44. The molecule has 14 heavy (non-hydrogen) atoms. The molecule has 1 heterocycles. The Morgan fingerprint density at radius 2 is 2.21 bits per heavy atom. The van der Waals surface area contributed by atoms with Crippen molar-refractivity contribution in [2.75, 3.05) is 33.3 Å². The second-order valence-corrected chi connectivity index (χ2v) is 4.89. The molecule has 1 atom stereocenters. The van der Waals surface area contributed by atoms with E-state index in [0.29, 0.717) is 6.04 Å². The molecule has 0 aliphatic carbocycles. The van der Waals surface area contributed by atoms with E-state index in [0.717, 1.165) is 32.7 Å². The molecule has 84 valence electrons. The van der Waals surface area contributed by atoms with Crippen molar-refractivity contribution in [1.29, 1.82) is 0 Å². The molecule has 0 saturated carbocycles. The Labute approximate surface area is 87.8 Å². The standard InChI is InChI=1S/C11H24N2O/c1-10(12-4)8-13-6-5-7-14-11(2,3)9-13/h10,12H,5-9H2,1-4H3/t10-/m0/s1. The SMILES string of the molecule is CN[C@@H](C)CN1CCCOC(C)(C)C1. The van der Waals surface area contributed by atoms with Gasteiger partial charge < -0.3 is 10.1 Å². The van der Waals surface area contributed by atoms with Gasteiger partial charge in [-0.3, -0.25) is 4.90 Å². The molecule has 0 amide bonds. The summed E-state index contributed by atoms with van der Waals surface area (Å²) in [6, 6.07) is 0.559. The molecule has 3 heteroatoms. The minimum Gasteiger partial charge on any atom is -0.374 e. The third-order valence-corrected chi connectivity index (χ3v) is 2.74. The summed E-state index contributed by atoms with van der Waals surface area (Å²) in [5.41, 5.74) is 0.0178. The Bertz CT molecular complexity index is 171. The van der Waals surface area contributed by atoms with Crippen LogP contribution >= 0.6 is 0 Å². The number of hydrogen-bond donors (Lipinski definition) is 1. The highest BCUT2D eigenvalue weighted by molar-refractivity contribution is 4.79. The molecular formula is C11H24N2O. The highest BCUT2D eigenvalue weighted by Crippen LogP contribution is 2.16. The van der Waals surface area contributed by atoms with Crippen molar-refractivity contribution in [3.8, 4) is 0 Å². The minimum atomic E-state index is 0.0178. The second-order valence-electron chi connectivity index (χ2n) is 4.89. The minimum absolute atomic E-state index is 0.0178.